The largest absolute Gasteiger partial charge is 0.493 e. The Labute approximate surface area is 184 Å². The topological polar surface area (TPSA) is 67.9 Å². The maximum absolute atomic E-state index is 12.7. The first-order valence-electron chi connectivity index (χ1n) is 10.9. The fourth-order valence-corrected chi connectivity index (χ4v) is 3.89. The summed E-state index contributed by atoms with van der Waals surface area (Å²) in [5.74, 6) is 1.50. The molecule has 0 aliphatic carbocycles. The molecular weight excluding hydrogens is 392 g/mol. The third kappa shape index (κ3) is 6.23. The van der Waals surface area contributed by atoms with Gasteiger partial charge in [0.2, 0.25) is 5.91 Å². The van der Waals surface area contributed by atoms with Crippen molar-refractivity contribution in [1.82, 2.24) is 10.2 Å². The molecule has 0 spiro atoms. The van der Waals surface area contributed by atoms with Gasteiger partial charge in [0, 0.05) is 31.1 Å². The molecule has 166 valence electrons. The Hall–Kier alpha value is -3.02. The van der Waals surface area contributed by atoms with Gasteiger partial charge in [0.05, 0.1) is 13.7 Å². The average molecular weight is 425 g/mol. The van der Waals surface area contributed by atoms with E-state index >= 15 is 0 Å². The van der Waals surface area contributed by atoms with Gasteiger partial charge < -0.3 is 19.7 Å². The minimum absolute atomic E-state index is 0.0383. The molecule has 3 rings (SSSR count). The standard InChI is InChI=1S/C25H32N2O4/c1-4-31-22-10-8-19(17-23(22)30-3)9-11-24(28)26-21-12-14-27(15-13-21)25(29)20-7-5-6-18(2)16-20/h5-8,10,16-17,21H,4,9,11-15H2,1-3H3,(H,26,28). The van der Waals surface area contributed by atoms with Crippen LogP contribution in [0.25, 0.3) is 0 Å². The summed E-state index contributed by atoms with van der Waals surface area (Å²) in [5, 5.41) is 3.12. The van der Waals surface area contributed by atoms with E-state index < -0.39 is 0 Å². The number of hydrogen-bond donors (Lipinski definition) is 1. The number of carbonyl (C=O) groups is 2. The van der Waals surface area contributed by atoms with Crippen molar-refractivity contribution in [2.45, 2.75) is 45.6 Å². The number of piperidine rings is 1. The molecule has 0 aromatic heterocycles. The second kappa shape index (κ2) is 10.8. The van der Waals surface area contributed by atoms with Crippen LogP contribution < -0.4 is 14.8 Å². The predicted molar refractivity (Wildman–Crippen MR) is 121 cm³/mol. The third-order valence-electron chi connectivity index (χ3n) is 5.58. The number of nitrogens with one attached hydrogen (secondary N) is 1. The second-order valence-corrected chi connectivity index (χ2v) is 7.92. The summed E-state index contributed by atoms with van der Waals surface area (Å²) >= 11 is 0. The number of carbonyl (C=O) groups excluding carboxylic acids is 2. The molecule has 0 bridgehead atoms. The first kappa shape index (κ1) is 22.7. The Balaban J connectivity index is 1.44. The van der Waals surface area contributed by atoms with Crippen molar-refractivity contribution in [3.63, 3.8) is 0 Å². The zero-order chi connectivity index (χ0) is 22.2. The summed E-state index contributed by atoms with van der Waals surface area (Å²) in [5.41, 5.74) is 2.85. The molecule has 1 saturated heterocycles. The van der Waals surface area contributed by atoms with Gasteiger partial charge in [-0.3, -0.25) is 9.59 Å². The molecule has 1 fully saturated rings. The minimum atomic E-state index is 0.0383. The van der Waals surface area contributed by atoms with E-state index in [4.69, 9.17) is 9.47 Å². The summed E-state index contributed by atoms with van der Waals surface area (Å²) in [6.45, 7) is 5.82. The molecule has 2 aromatic carbocycles. The van der Waals surface area contributed by atoms with Crippen LogP contribution in [0.4, 0.5) is 0 Å². The molecule has 6 heteroatoms. The van der Waals surface area contributed by atoms with Crippen LogP contribution >= 0.6 is 0 Å². The van der Waals surface area contributed by atoms with Crippen LogP contribution in [-0.4, -0.2) is 49.6 Å². The van der Waals surface area contributed by atoms with Gasteiger partial charge in [-0.25, -0.2) is 0 Å². The molecule has 0 radical (unpaired) electrons. The lowest BCUT2D eigenvalue weighted by Crippen LogP contribution is -2.46. The summed E-state index contributed by atoms with van der Waals surface area (Å²) in [6.07, 6.45) is 2.61. The van der Waals surface area contributed by atoms with E-state index in [2.05, 4.69) is 5.32 Å². The minimum Gasteiger partial charge on any atom is -0.493 e. The number of amides is 2. The third-order valence-corrected chi connectivity index (χ3v) is 5.58. The Bertz CT molecular complexity index is 904. The van der Waals surface area contributed by atoms with Gasteiger partial charge in [-0.1, -0.05) is 23.8 Å². The number of likely N-dealkylation sites (tertiary alicyclic amines) is 1. The zero-order valence-electron chi connectivity index (χ0n) is 18.6. The monoisotopic (exact) mass is 424 g/mol. The van der Waals surface area contributed by atoms with Crippen molar-refractivity contribution >= 4 is 11.8 Å². The van der Waals surface area contributed by atoms with Crippen LogP contribution in [0.2, 0.25) is 0 Å². The molecule has 1 N–H and O–H groups in total. The highest BCUT2D eigenvalue weighted by atomic mass is 16.5. The Morgan fingerprint density at radius 1 is 1.10 bits per heavy atom. The molecular formula is C25H32N2O4. The van der Waals surface area contributed by atoms with Gasteiger partial charge in [-0.05, 0) is 62.9 Å². The van der Waals surface area contributed by atoms with E-state index in [1.807, 2.05) is 61.2 Å². The van der Waals surface area contributed by atoms with Crippen LogP contribution in [0.3, 0.4) is 0 Å². The molecule has 0 saturated carbocycles. The molecule has 2 aromatic rings. The van der Waals surface area contributed by atoms with E-state index in [1.54, 1.807) is 7.11 Å². The average Bonchev–Trinajstić information content (AvgIpc) is 2.78. The number of methoxy groups -OCH3 is 1. The predicted octanol–water partition coefficient (Wildman–Crippen LogP) is 3.76. The maximum Gasteiger partial charge on any atom is 0.253 e. The molecule has 0 atom stereocenters. The highest BCUT2D eigenvalue weighted by molar-refractivity contribution is 5.94. The van der Waals surface area contributed by atoms with Gasteiger partial charge >= 0.3 is 0 Å². The first-order valence-corrected chi connectivity index (χ1v) is 10.9. The van der Waals surface area contributed by atoms with Crippen molar-refractivity contribution in [3.05, 3.63) is 59.2 Å². The zero-order valence-corrected chi connectivity index (χ0v) is 18.6. The van der Waals surface area contributed by atoms with E-state index in [0.717, 1.165) is 29.5 Å². The van der Waals surface area contributed by atoms with E-state index in [9.17, 15) is 9.59 Å². The molecule has 6 nitrogen and oxygen atoms in total. The SMILES string of the molecule is CCOc1ccc(CCC(=O)NC2CCN(C(=O)c3cccc(C)c3)CC2)cc1OC. The number of hydrogen-bond acceptors (Lipinski definition) is 4. The van der Waals surface area contributed by atoms with Crippen molar-refractivity contribution in [3.8, 4) is 11.5 Å². The number of rotatable bonds is 8. The van der Waals surface area contributed by atoms with Crippen LogP contribution in [0.1, 0.15) is 47.7 Å². The Morgan fingerprint density at radius 3 is 2.55 bits per heavy atom. The number of ether oxygens (including phenoxy) is 2. The quantitative estimate of drug-likeness (QED) is 0.701. The van der Waals surface area contributed by atoms with Crippen LogP contribution in [0, 0.1) is 6.92 Å². The van der Waals surface area contributed by atoms with Gasteiger partial charge in [-0.2, -0.15) is 0 Å². The normalized spacial score (nSPS) is 14.2. The van der Waals surface area contributed by atoms with Crippen LogP contribution in [-0.2, 0) is 11.2 Å². The fraction of sp³-hybridized carbons (Fsp3) is 0.440. The summed E-state index contributed by atoms with van der Waals surface area (Å²) < 4.78 is 10.9. The Morgan fingerprint density at radius 2 is 1.87 bits per heavy atom. The fourth-order valence-electron chi connectivity index (χ4n) is 3.89. The van der Waals surface area contributed by atoms with Gasteiger partial charge in [0.1, 0.15) is 0 Å². The number of nitrogens with zero attached hydrogens (tertiary/aromatic N) is 1. The second-order valence-electron chi connectivity index (χ2n) is 7.92. The highest BCUT2D eigenvalue weighted by Crippen LogP contribution is 2.28. The van der Waals surface area contributed by atoms with Gasteiger partial charge in [0.15, 0.2) is 11.5 Å². The summed E-state index contributed by atoms with van der Waals surface area (Å²) in [6, 6.07) is 13.6. The van der Waals surface area contributed by atoms with E-state index in [-0.39, 0.29) is 17.9 Å². The van der Waals surface area contributed by atoms with Crippen molar-refractivity contribution < 1.29 is 19.1 Å². The van der Waals surface area contributed by atoms with Crippen LogP contribution in [0.5, 0.6) is 11.5 Å². The Kier molecular flexibility index (Phi) is 7.93. The molecule has 2 amide bonds. The van der Waals surface area contributed by atoms with E-state index in [0.29, 0.717) is 44.0 Å². The van der Waals surface area contributed by atoms with Crippen molar-refractivity contribution in [2.75, 3.05) is 26.8 Å². The van der Waals surface area contributed by atoms with E-state index in [1.165, 1.54) is 0 Å². The summed E-state index contributed by atoms with van der Waals surface area (Å²) in [7, 11) is 1.62. The lowest BCUT2D eigenvalue weighted by atomic mass is 10.0. The number of benzene rings is 2. The van der Waals surface area contributed by atoms with Crippen LogP contribution in [0.15, 0.2) is 42.5 Å². The number of aryl methyl sites for hydroxylation is 2. The molecule has 1 aliphatic rings. The van der Waals surface area contributed by atoms with Crippen molar-refractivity contribution in [1.29, 1.82) is 0 Å². The molecule has 0 unspecified atom stereocenters. The lowest BCUT2D eigenvalue weighted by Gasteiger charge is -2.32. The smallest absolute Gasteiger partial charge is 0.253 e. The van der Waals surface area contributed by atoms with Crippen molar-refractivity contribution in [2.24, 2.45) is 0 Å². The maximum atomic E-state index is 12.7. The molecule has 1 heterocycles. The molecule has 31 heavy (non-hydrogen) atoms. The first-order chi connectivity index (χ1) is 15.0. The highest BCUT2D eigenvalue weighted by Gasteiger charge is 2.24. The summed E-state index contributed by atoms with van der Waals surface area (Å²) in [4.78, 5) is 27.0. The van der Waals surface area contributed by atoms with Gasteiger partial charge in [-0.15, -0.1) is 0 Å². The van der Waals surface area contributed by atoms with Gasteiger partial charge in [0.25, 0.3) is 5.91 Å². The molecule has 1 aliphatic heterocycles. The lowest BCUT2D eigenvalue weighted by molar-refractivity contribution is -0.122.